The van der Waals surface area contributed by atoms with Crippen LogP contribution in [0.15, 0.2) is 36.0 Å². The molecule has 0 aliphatic heterocycles. The van der Waals surface area contributed by atoms with Gasteiger partial charge in [0.2, 0.25) is 0 Å². The van der Waals surface area contributed by atoms with Crippen LogP contribution in [0, 0.1) is 35.0 Å². The molecule has 1 fully saturated rings. The van der Waals surface area contributed by atoms with Crippen LogP contribution < -0.4 is 0 Å². The van der Waals surface area contributed by atoms with E-state index in [2.05, 4.69) is 71.9 Å². The Morgan fingerprint density at radius 2 is 1.73 bits per heavy atom. The molecular formula is C22H36. The van der Waals surface area contributed by atoms with E-state index in [9.17, 15) is 0 Å². The summed E-state index contributed by atoms with van der Waals surface area (Å²) in [7, 11) is 0. The topological polar surface area (TPSA) is 0 Å². The Bertz CT molecular complexity index is 449. The molecular weight excluding hydrogens is 264 g/mol. The molecule has 124 valence electrons. The van der Waals surface area contributed by atoms with Gasteiger partial charge in [0.15, 0.2) is 0 Å². The largest absolute Gasteiger partial charge is 0.0814 e. The monoisotopic (exact) mass is 300 g/mol. The second-order valence-corrected chi connectivity index (χ2v) is 8.84. The van der Waals surface area contributed by atoms with Crippen molar-refractivity contribution in [1.29, 1.82) is 0 Å². The summed E-state index contributed by atoms with van der Waals surface area (Å²) < 4.78 is 0. The molecule has 0 aromatic carbocycles. The molecule has 0 radical (unpaired) electrons. The fourth-order valence-electron chi connectivity index (χ4n) is 4.22. The van der Waals surface area contributed by atoms with Crippen molar-refractivity contribution in [3.05, 3.63) is 36.0 Å². The van der Waals surface area contributed by atoms with Crippen LogP contribution in [0.3, 0.4) is 0 Å². The summed E-state index contributed by atoms with van der Waals surface area (Å²) in [5.74, 6) is 4.02. The molecule has 22 heavy (non-hydrogen) atoms. The zero-order valence-electron chi connectivity index (χ0n) is 15.6. The van der Waals surface area contributed by atoms with Crippen LogP contribution >= 0.6 is 0 Å². The van der Waals surface area contributed by atoms with Gasteiger partial charge in [-0.2, -0.15) is 0 Å². The maximum absolute atomic E-state index is 2.46. The molecule has 2 rings (SSSR count). The van der Waals surface area contributed by atoms with E-state index in [0.29, 0.717) is 11.3 Å². The quantitative estimate of drug-likeness (QED) is 0.526. The molecule has 2 aliphatic carbocycles. The third-order valence-corrected chi connectivity index (χ3v) is 6.72. The molecule has 0 heterocycles. The lowest BCUT2D eigenvalue weighted by Gasteiger charge is -2.51. The number of allylic oxidation sites excluding steroid dienone is 6. The summed E-state index contributed by atoms with van der Waals surface area (Å²) in [6.45, 7) is 14.5. The van der Waals surface area contributed by atoms with E-state index < -0.39 is 0 Å². The van der Waals surface area contributed by atoms with Gasteiger partial charge in [0.1, 0.15) is 0 Å². The second-order valence-electron chi connectivity index (χ2n) is 8.84. The fourth-order valence-corrected chi connectivity index (χ4v) is 4.22. The standard InChI is InChI=1S/C22H36/c1-16-12-18(3)17(2)10-8-7-9-11-20(13-16)15-21-14-19(4)22(21,5)6/h7-11,16-19,21H,12-15H2,1-6H3. The zero-order chi connectivity index (χ0) is 16.3. The van der Waals surface area contributed by atoms with E-state index in [4.69, 9.17) is 0 Å². The Morgan fingerprint density at radius 1 is 1.00 bits per heavy atom. The Morgan fingerprint density at radius 3 is 2.36 bits per heavy atom. The van der Waals surface area contributed by atoms with Gasteiger partial charge >= 0.3 is 0 Å². The molecule has 2 aliphatic rings. The maximum Gasteiger partial charge on any atom is -0.0233 e. The Labute approximate surface area is 138 Å². The van der Waals surface area contributed by atoms with Crippen LogP contribution in [0.5, 0.6) is 0 Å². The average molecular weight is 301 g/mol. The normalized spacial score (nSPS) is 38.8. The first kappa shape index (κ1) is 17.6. The highest BCUT2D eigenvalue weighted by Gasteiger charge is 2.44. The molecule has 0 amide bonds. The molecule has 0 bridgehead atoms. The zero-order valence-corrected chi connectivity index (χ0v) is 15.6. The summed E-state index contributed by atoms with van der Waals surface area (Å²) in [5.41, 5.74) is 2.20. The molecule has 5 unspecified atom stereocenters. The van der Waals surface area contributed by atoms with Crippen molar-refractivity contribution in [3.8, 4) is 0 Å². The van der Waals surface area contributed by atoms with Crippen LogP contribution in [0.25, 0.3) is 0 Å². The molecule has 1 saturated carbocycles. The molecule has 0 N–H and O–H groups in total. The van der Waals surface area contributed by atoms with E-state index in [0.717, 1.165) is 23.7 Å². The van der Waals surface area contributed by atoms with Crippen molar-refractivity contribution >= 4 is 0 Å². The highest BCUT2D eigenvalue weighted by molar-refractivity contribution is 5.19. The number of hydrogen-bond acceptors (Lipinski definition) is 0. The molecule has 0 spiro atoms. The third kappa shape index (κ3) is 4.15. The second kappa shape index (κ2) is 7.20. The predicted molar refractivity (Wildman–Crippen MR) is 98.8 cm³/mol. The lowest BCUT2D eigenvalue weighted by atomic mass is 9.54. The van der Waals surface area contributed by atoms with Gasteiger partial charge < -0.3 is 0 Å². The lowest BCUT2D eigenvalue weighted by Crippen LogP contribution is -2.43. The maximum atomic E-state index is 2.46. The van der Waals surface area contributed by atoms with Crippen LogP contribution in [-0.4, -0.2) is 0 Å². The summed E-state index contributed by atoms with van der Waals surface area (Å²) in [6.07, 6.45) is 16.8. The Balaban J connectivity index is 2.07. The first-order valence-corrected chi connectivity index (χ1v) is 9.33. The predicted octanol–water partition coefficient (Wildman–Crippen LogP) is 6.80. The van der Waals surface area contributed by atoms with E-state index in [-0.39, 0.29) is 0 Å². The van der Waals surface area contributed by atoms with Crippen molar-refractivity contribution in [1.82, 2.24) is 0 Å². The van der Waals surface area contributed by atoms with Crippen molar-refractivity contribution in [2.24, 2.45) is 35.0 Å². The molecule has 0 aromatic rings. The van der Waals surface area contributed by atoms with Crippen LogP contribution in [0.2, 0.25) is 0 Å². The summed E-state index contributed by atoms with van der Waals surface area (Å²) >= 11 is 0. The number of rotatable bonds is 2. The van der Waals surface area contributed by atoms with Gasteiger partial charge in [-0.05, 0) is 60.7 Å². The molecule has 0 heteroatoms. The van der Waals surface area contributed by atoms with Gasteiger partial charge in [-0.3, -0.25) is 0 Å². The van der Waals surface area contributed by atoms with Crippen LogP contribution in [-0.2, 0) is 0 Å². The van der Waals surface area contributed by atoms with Crippen molar-refractivity contribution < 1.29 is 0 Å². The Kier molecular flexibility index (Phi) is 5.75. The van der Waals surface area contributed by atoms with Gasteiger partial charge in [0.05, 0.1) is 0 Å². The van der Waals surface area contributed by atoms with Crippen LogP contribution in [0.4, 0.5) is 0 Å². The summed E-state index contributed by atoms with van der Waals surface area (Å²) in [5, 5.41) is 0. The minimum Gasteiger partial charge on any atom is -0.0814 e. The van der Waals surface area contributed by atoms with Gasteiger partial charge in [-0.15, -0.1) is 0 Å². The first-order chi connectivity index (χ1) is 10.3. The van der Waals surface area contributed by atoms with Crippen molar-refractivity contribution in [2.45, 2.75) is 67.2 Å². The lowest BCUT2D eigenvalue weighted by molar-refractivity contribution is -0.00778. The van der Waals surface area contributed by atoms with Gasteiger partial charge in [0, 0.05) is 0 Å². The highest BCUT2D eigenvalue weighted by atomic mass is 14.5. The van der Waals surface area contributed by atoms with E-state index >= 15 is 0 Å². The SMILES string of the molecule is CC1CC(CC2CC(C)C2(C)C)=CC=CC=CC(C)C(C)C1. The third-order valence-electron chi connectivity index (χ3n) is 6.72. The minimum absolute atomic E-state index is 0.529. The van der Waals surface area contributed by atoms with E-state index in [1.807, 2.05) is 0 Å². The summed E-state index contributed by atoms with van der Waals surface area (Å²) in [6, 6.07) is 0. The van der Waals surface area contributed by atoms with Gasteiger partial charge in [-0.25, -0.2) is 0 Å². The first-order valence-electron chi connectivity index (χ1n) is 9.33. The van der Waals surface area contributed by atoms with E-state index in [1.54, 1.807) is 5.57 Å². The van der Waals surface area contributed by atoms with Crippen LogP contribution in [0.1, 0.15) is 67.2 Å². The molecule has 0 aromatic heterocycles. The van der Waals surface area contributed by atoms with Gasteiger partial charge in [0.25, 0.3) is 0 Å². The summed E-state index contributed by atoms with van der Waals surface area (Å²) in [4.78, 5) is 0. The fraction of sp³-hybridized carbons (Fsp3) is 0.727. The molecule has 5 atom stereocenters. The Hall–Kier alpha value is -0.780. The minimum atomic E-state index is 0.529. The van der Waals surface area contributed by atoms with Crippen molar-refractivity contribution in [2.75, 3.05) is 0 Å². The van der Waals surface area contributed by atoms with Gasteiger partial charge in [-0.1, -0.05) is 77.5 Å². The smallest absolute Gasteiger partial charge is 0.0233 e. The highest BCUT2D eigenvalue weighted by Crippen LogP contribution is 2.53. The van der Waals surface area contributed by atoms with E-state index in [1.165, 1.54) is 25.7 Å². The average Bonchev–Trinajstić information content (AvgIpc) is 2.47. The number of hydrogen-bond donors (Lipinski definition) is 0. The van der Waals surface area contributed by atoms with Crippen molar-refractivity contribution in [3.63, 3.8) is 0 Å². The molecule has 0 nitrogen and oxygen atoms in total. The molecule has 0 saturated heterocycles.